The first-order chi connectivity index (χ1) is 7.74. The normalized spacial score (nSPS) is 10.6. The van der Waals surface area contributed by atoms with E-state index in [9.17, 15) is 4.79 Å². The van der Waals surface area contributed by atoms with Crippen molar-refractivity contribution in [2.24, 2.45) is 0 Å². The highest BCUT2D eigenvalue weighted by atomic mass is 16.7. The summed E-state index contributed by atoms with van der Waals surface area (Å²) in [6, 6.07) is 3.20. The third-order valence-electron chi connectivity index (χ3n) is 2.25. The second kappa shape index (κ2) is 4.32. The summed E-state index contributed by atoms with van der Waals surface area (Å²) < 4.78 is 1.54. The maximum atomic E-state index is 11.7. The molecule has 1 N–H and O–H groups in total. The van der Waals surface area contributed by atoms with Crippen molar-refractivity contribution in [3.8, 4) is 0 Å². The van der Waals surface area contributed by atoms with E-state index in [4.69, 9.17) is 9.94 Å². The van der Waals surface area contributed by atoms with E-state index in [0.717, 1.165) is 0 Å². The summed E-state index contributed by atoms with van der Waals surface area (Å²) in [5, 5.41) is 9.24. The van der Waals surface area contributed by atoms with E-state index in [1.807, 2.05) is 0 Å². The predicted octanol–water partition coefficient (Wildman–Crippen LogP) is 0.126. The first-order valence-electron chi connectivity index (χ1n) is 4.94. The van der Waals surface area contributed by atoms with Crippen LogP contribution in [0.15, 0.2) is 29.3 Å². The molecule has 0 saturated carbocycles. The van der Waals surface area contributed by atoms with Crippen molar-refractivity contribution in [1.29, 1.82) is 0 Å². The average molecular weight is 220 g/mol. The highest BCUT2D eigenvalue weighted by Crippen LogP contribution is 2.09. The quantitative estimate of drug-likeness (QED) is 0.798. The molecular weight excluding hydrogens is 208 g/mol. The Morgan fingerprint density at radius 2 is 2.38 bits per heavy atom. The van der Waals surface area contributed by atoms with Gasteiger partial charge in [0.1, 0.15) is 6.61 Å². The topological polar surface area (TPSA) is 64.4 Å². The van der Waals surface area contributed by atoms with Gasteiger partial charge in [-0.3, -0.25) is 9.78 Å². The molecule has 2 aromatic rings. The number of hydrogen-bond acceptors (Lipinski definition) is 4. The molecule has 0 aromatic carbocycles. The maximum absolute atomic E-state index is 11.7. The molecule has 0 fully saturated rings. The van der Waals surface area contributed by atoms with Crippen LogP contribution in [0.4, 0.5) is 0 Å². The van der Waals surface area contributed by atoms with Gasteiger partial charge in [0, 0.05) is 18.5 Å². The first-order valence-corrected chi connectivity index (χ1v) is 4.94. The molecule has 5 nitrogen and oxygen atoms in total. The van der Waals surface area contributed by atoms with E-state index in [1.54, 1.807) is 19.2 Å². The Balaban J connectivity index is 2.66. The van der Waals surface area contributed by atoms with Crippen LogP contribution in [0.25, 0.3) is 10.9 Å². The summed E-state index contributed by atoms with van der Waals surface area (Å²) in [7, 11) is 0. The van der Waals surface area contributed by atoms with Crippen LogP contribution in [-0.4, -0.2) is 28.0 Å². The summed E-state index contributed by atoms with van der Waals surface area (Å²) in [5.74, 6) is 0. The van der Waals surface area contributed by atoms with E-state index in [1.165, 1.54) is 17.0 Å². The van der Waals surface area contributed by atoms with E-state index in [-0.39, 0.29) is 18.6 Å². The lowest BCUT2D eigenvalue weighted by atomic mass is 10.2. The molecule has 0 unspecified atom stereocenters. The van der Waals surface area contributed by atoms with Crippen molar-refractivity contribution < 1.29 is 9.94 Å². The number of aromatic nitrogens is 2. The fourth-order valence-corrected chi connectivity index (χ4v) is 1.57. The van der Waals surface area contributed by atoms with E-state index in [0.29, 0.717) is 16.6 Å². The van der Waals surface area contributed by atoms with Gasteiger partial charge in [-0.2, -0.15) is 4.73 Å². The van der Waals surface area contributed by atoms with Gasteiger partial charge in [-0.15, -0.1) is 0 Å². The van der Waals surface area contributed by atoms with Gasteiger partial charge in [0.15, 0.2) is 5.43 Å². The van der Waals surface area contributed by atoms with Crippen LogP contribution < -0.4 is 10.3 Å². The molecule has 5 heteroatoms. The Labute approximate surface area is 91.9 Å². The van der Waals surface area contributed by atoms with Crippen molar-refractivity contribution in [3.05, 3.63) is 40.4 Å². The molecule has 2 rings (SSSR count). The number of aryl methyl sites for hydroxylation is 1. The molecule has 0 radical (unpaired) electrons. The number of aliphatic hydroxyl groups is 1. The van der Waals surface area contributed by atoms with Gasteiger partial charge >= 0.3 is 0 Å². The van der Waals surface area contributed by atoms with Gasteiger partial charge in [-0.1, -0.05) is 0 Å². The Kier molecular flexibility index (Phi) is 2.87. The molecular formula is C11H12N2O3. The Morgan fingerprint density at radius 1 is 1.56 bits per heavy atom. The van der Waals surface area contributed by atoms with Crippen LogP contribution in [-0.2, 0) is 0 Å². The van der Waals surface area contributed by atoms with Gasteiger partial charge in [0.2, 0.25) is 0 Å². The molecule has 2 aromatic heterocycles. The third kappa shape index (κ3) is 1.77. The van der Waals surface area contributed by atoms with Crippen LogP contribution in [0.2, 0.25) is 0 Å². The first kappa shape index (κ1) is 10.6. The fraction of sp³-hybridized carbons (Fsp3) is 0.273. The van der Waals surface area contributed by atoms with Crippen LogP contribution in [0, 0.1) is 6.92 Å². The molecule has 0 spiro atoms. The second-order valence-electron chi connectivity index (χ2n) is 3.39. The number of hydrogen-bond donors (Lipinski definition) is 1. The minimum absolute atomic E-state index is 0.0713. The minimum atomic E-state index is -0.0792. The average Bonchev–Trinajstić information content (AvgIpc) is 2.29. The lowest BCUT2D eigenvalue weighted by Crippen LogP contribution is -2.21. The zero-order valence-corrected chi connectivity index (χ0v) is 8.88. The van der Waals surface area contributed by atoms with Crippen molar-refractivity contribution in [2.75, 3.05) is 13.2 Å². The number of nitrogens with zero attached hydrogens (tertiary/aromatic N) is 2. The zero-order valence-electron chi connectivity index (χ0n) is 8.88. The standard InChI is InChI=1S/C11H12N2O3/c1-8-6-11(15)9-7-12-3-2-10(9)13(8)16-5-4-14/h2-3,6-7,14H,4-5H2,1H3. The number of rotatable bonds is 3. The maximum Gasteiger partial charge on any atom is 0.191 e. The third-order valence-corrected chi connectivity index (χ3v) is 2.25. The smallest absolute Gasteiger partial charge is 0.191 e. The van der Waals surface area contributed by atoms with Gasteiger partial charge in [-0.25, -0.2) is 0 Å². The molecule has 0 aliphatic heterocycles. The SMILES string of the molecule is Cc1cc(=O)c2cnccc2n1OCCO. The largest absolute Gasteiger partial charge is 0.411 e. The lowest BCUT2D eigenvalue weighted by molar-refractivity contribution is 0.0788. The predicted molar refractivity (Wildman–Crippen MR) is 59.3 cm³/mol. The molecule has 84 valence electrons. The summed E-state index contributed by atoms with van der Waals surface area (Å²) in [5.41, 5.74) is 1.27. The minimum Gasteiger partial charge on any atom is -0.411 e. The van der Waals surface area contributed by atoms with Crippen LogP contribution in [0.3, 0.4) is 0 Å². The highest BCUT2D eigenvalue weighted by molar-refractivity contribution is 5.77. The monoisotopic (exact) mass is 220 g/mol. The molecule has 0 saturated heterocycles. The summed E-state index contributed by atoms with van der Waals surface area (Å²) in [6.07, 6.45) is 3.11. The number of aliphatic hydroxyl groups excluding tert-OH is 1. The Morgan fingerprint density at radius 3 is 3.12 bits per heavy atom. The Hall–Kier alpha value is -1.88. The van der Waals surface area contributed by atoms with Crippen molar-refractivity contribution in [2.45, 2.75) is 6.92 Å². The fourth-order valence-electron chi connectivity index (χ4n) is 1.57. The van der Waals surface area contributed by atoms with Crippen LogP contribution in [0.5, 0.6) is 0 Å². The van der Waals surface area contributed by atoms with Gasteiger partial charge < -0.3 is 9.94 Å². The number of fused-ring (bicyclic) bond motifs is 1. The molecule has 0 amide bonds. The molecule has 0 atom stereocenters. The highest BCUT2D eigenvalue weighted by Gasteiger charge is 2.06. The van der Waals surface area contributed by atoms with Crippen molar-refractivity contribution in [3.63, 3.8) is 0 Å². The van der Waals surface area contributed by atoms with Crippen molar-refractivity contribution >= 4 is 10.9 Å². The summed E-state index contributed by atoms with van der Waals surface area (Å²) in [6.45, 7) is 1.89. The summed E-state index contributed by atoms with van der Waals surface area (Å²) in [4.78, 5) is 20.9. The van der Waals surface area contributed by atoms with E-state index in [2.05, 4.69) is 4.98 Å². The van der Waals surface area contributed by atoms with Crippen molar-refractivity contribution in [1.82, 2.24) is 9.71 Å². The van der Waals surface area contributed by atoms with Gasteiger partial charge in [-0.05, 0) is 13.0 Å². The molecule has 16 heavy (non-hydrogen) atoms. The van der Waals surface area contributed by atoms with E-state index >= 15 is 0 Å². The second-order valence-corrected chi connectivity index (χ2v) is 3.39. The van der Waals surface area contributed by atoms with Gasteiger partial charge in [0.25, 0.3) is 0 Å². The molecule has 0 aliphatic carbocycles. The van der Waals surface area contributed by atoms with Gasteiger partial charge in [0.05, 0.1) is 23.2 Å². The Bertz CT molecular complexity index is 563. The lowest BCUT2D eigenvalue weighted by Gasteiger charge is -2.14. The van der Waals surface area contributed by atoms with Crippen LogP contribution >= 0.6 is 0 Å². The number of pyridine rings is 2. The van der Waals surface area contributed by atoms with E-state index < -0.39 is 0 Å². The zero-order chi connectivity index (χ0) is 11.5. The summed E-state index contributed by atoms with van der Waals surface area (Å²) >= 11 is 0. The molecule has 2 heterocycles. The molecule has 0 aliphatic rings. The molecule has 0 bridgehead atoms. The van der Waals surface area contributed by atoms with Crippen LogP contribution in [0.1, 0.15) is 5.69 Å².